The van der Waals surface area contributed by atoms with Gasteiger partial charge in [0.2, 0.25) is 5.95 Å². The van der Waals surface area contributed by atoms with Crippen LogP contribution in [-0.4, -0.2) is 97.6 Å². The summed E-state index contributed by atoms with van der Waals surface area (Å²) in [4.78, 5) is 39.4. The number of fused-ring (bicyclic) bond motifs is 1. The molecule has 3 N–H and O–H groups in total. The Hall–Kier alpha value is -3.65. The maximum absolute atomic E-state index is 15.4. The van der Waals surface area contributed by atoms with E-state index in [0.717, 1.165) is 75.7 Å². The number of nitrogens with one attached hydrogen (secondary N) is 3. The van der Waals surface area contributed by atoms with Crippen LogP contribution >= 0.6 is 0 Å². The van der Waals surface area contributed by atoms with E-state index in [9.17, 15) is 18.4 Å². The van der Waals surface area contributed by atoms with Crippen molar-refractivity contribution in [2.75, 3.05) is 62.0 Å². The second-order valence-corrected chi connectivity index (χ2v) is 12.5. The fraction of sp³-hybridized carbons (Fsp3) is 0.613. The first kappa shape index (κ1) is 31.3. The summed E-state index contributed by atoms with van der Waals surface area (Å²) in [6.45, 7) is 3.28. The molecule has 2 amide bonds. The van der Waals surface area contributed by atoms with Crippen molar-refractivity contribution >= 4 is 35.0 Å². The summed E-state index contributed by atoms with van der Waals surface area (Å²) in [6, 6.07) is 2.76. The number of aromatic nitrogens is 2. The SMILES string of the molecule is COc1cc(C(=O)NC2CCC(N3CCNCC3)CC2)c(F)cc1Nc1ncc2c(n1)N(C1CCCC1)CC(F)(F)C(=O)N2C. The molecule has 2 aromatic rings. The van der Waals surface area contributed by atoms with Crippen LogP contribution in [0.4, 0.5) is 36.3 Å². The lowest BCUT2D eigenvalue weighted by atomic mass is 9.89. The van der Waals surface area contributed by atoms with Crippen LogP contribution in [0, 0.1) is 5.82 Å². The lowest BCUT2D eigenvalue weighted by Gasteiger charge is -2.39. The third-order valence-electron chi connectivity index (χ3n) is 9.62. The van der Waals surface area contributed by atoms with Crippen molar-refractivity contribution in [2.45, 2.75) is 75.4 Å². The van der Waals surface area contributed by atoms with Crippen LogP contribution in [0.1, 0.15) is 61.7 Å². The van der Waals surface area contributed by atoms with E-state index in [1.807, 2.05) is 0 Å². The van der Waals surface area contributed by atoms with E-state index in [-0.39, 0.29) is 46.5 Å². The normalized spacial score (nSPS) is 24.2. The minimum absolute atomic E-state index is 0.0129. The molecule has 4 aliphatic rings. The average Bonchev–Trinajstić information content (AvgIpc) is 3.57. The zero-order valence-electron chi connectivity index (χ0n) is 25.8. The van der Waals surface area contributed by atoms with Gasteiger partial charge in [0, 0.05) is 57.4 Å². The number of anilines is 4. The van der Waals surface area contributed by atoms with E-state index in [2.05, 4.69) is 30.8 Å². The van der Waals surface area contributed by atoms with Crippen LogP contribution in [0.5, 0.6) is 5.75 Å². The zero-order chi connectivity index (χ0) is 31.7. The van der Waals surface area contributed by atoms with Gasteiger partial charge < -0.3 is 30.5 Å². The number of rotatable bonds is 7. The predicted octanol–water partition coefficient (Wildman–Crippen LogP) is 3.67. The number of methoxy groups -OCH3 is 1. The molecule has 244 valence electrons. The largest absolute Gasteiger partial charge is 0.495 e. The Morgan fingerprint density at radius 3 is 2.47 bits per heavy atom. The summed E-state index contributed by atoms with van der Waals surface area (Å²) in [5.41, 5.74) is 0.194. The van der Waals surface area contributed by atoms with Crippen molar-refractivity contribution in [1.82, 2.24) is 25.5 Å². The molecule has 2 aliphatic heterocycles. The number of ether oxygens (including phenoxy) is 1. The summed E-state index contributed by atoms with van der Waals surface area (Å²) < 4.78 is 50.7. The summed E-state index contributed by atoms with van der Waals surface area (Å²) >= 11 is 0. The Balaban J connectivity index is 1.18. The van der Waals surface area contributed by atoms with Crippen LogP contribution in [-0.2, 0) is 4.79 Å². The molecule has 14 heteroatoms. The Labute approximate surface area is 260 Å². The third-order valence-corrected chi connectivity index (χ3v) is 9.62. The maximum atomic E-state index is 15.4. The van der Waals surface area contributed by atoms with Crippen molar-refractivity contribution in [3.63, 3.8) is 0 Å². The number of carbonyl (C=O) groups excluding carboxylic acids is 2. The van der Waals surface area contributed by atoms with Crippen LogP contribution in [0.3, 0.4) is 0 Å². The fourth-order valence-electron chi connectivity index (χ4n) is 7.11. The highest BCUT2D eigenvalue weighted by Crippen LogP contribution is 2.40. The molecule has 0 atom stereocenters. The molecule has 3 fully saturated rings. The molecule has 2 aliphatic carbocycles. The number of hydrogen-bond acceptors (Lipinski definition) is 9. The Bertz CT molecular complexity index is 1410. The molecule has 6 rings (SSSR count). The monoisotopic (exact) mass is 630 g/mol. The van der Waals surface area contributed by atoms with E-state index in [1.54, 1.807) is 0 Å². The van der Waals surface area contributed by atoms with Crippen LogP contribution in [0.25, 0.3) is 0 Å². The molecule has 3 heterocycles. The molecule has 0 spiro atoms. The number of piperazine rings is 1. The molecule has 0 radical (unpaired) electrons. The molecule has 1 aromatic heterocycles. The van der Waals surface area contributed by atoms with Crippen molar-refractivity contribution < 1.29 is 27.5 Å². The minimum atomic E-state index is -3.60. The van der Waals surface area contributed by atoms with E-state index >= 15 is 4.39 Å². The standard InChI is InChI=1S/C31H41F3N8O3/c1-40-25-17-36-30(39-27(25)42(21-5-3-4-6-21)18-31(33,34)29(40)44)38-24-16-23(32)22(15-26(24)45-2)28(43)37-19-7-9-20(10-8-19)41-13-11-35-12-14-41/h15-17,19-21,35H,3-14,18H2,1-2H3,(H,37,43)(H,36,38,39). The highest BCUT2D eigenvalue weighted by atomic mass is 19.3. The van der Waals surface area contributed by atoms with Crippen LogP contribution < -0.4 is 30.5 Å². The summed E-state index contributed by atoms with van der Waals surface area (Å²) in [7, 11) is 2.68. The number of carbonyl (C=O) groups is 2. The molecule has 0 bridgehead atoms. The lowest BCUT2D eigenvalue weighted by molar-refractivity contribution is -0.140. The first-order valence-corrected chi connectivity index (χ1v) is 15.8. The van der Waals surface area contributed by atoms with Gasteiger partial charge in [-0.25, -0.2) is 9.37 Å². The van der Waals surface area contributed by atoms with Gasteiger partial charge in [-0.15, -0.1) is 0 Å². The van der Waals surface area contributed by atoms with Gasteiger partial charge in [0.1, 0.15) is 17.3 Å². The van der Waals surface area contributed by atoms with Crippen molar-refractivity contribution in [1.29, 1.82) is 0 Å². The Morgan fingerprint density at radius 1 is 1.07 bits per heavy atom. The van der Waals surface area contributed by atoms with Crippen LogP contribution in [0.15, 0.2) is 18.3 Å². The van der Waals surface area contributed by atoms with Gasteiger partial charge in [0.05, 0.1) is 31.1 Å². The fourth-order valence-corrected chi connectivity index (χ4v) is 7.11. The van der Waals surface area contributed by atoms with Crippen molar-refractivity contribution in [2.24, 2.45) is 0 Å². The van der Waals surface area contributed by atoms with Gasteiger partial charge in [0.15, 0.2) is 5.82 Å². The van der Waals surface area contributed by atoms with Gasteiger partial charge in [0.25, 0.3) is 11.8 Å². The molecule has 1 saturated heterocycles. The van der Waals surface area contributed by atoms with Gasteiger partial charge >= 0.3 is 5.92 Å². The Morgan fingerprint density at radius 2 is 1.78 bits per heavy atom. The average molecular weight is 631 g/mol. The molecular formula is C31H41F3N8O3. The number of nitrogens with zero attached hydrogens (tertiary/aromatic N) is 5. The van der Waals surface area contributed by atoms with Gasteiger partial charge in [-0.2, -0.15) is 13.8 Å². The van der Waals surface area contributed by atoms with Gasteiger partial charge in [-0.3, -0.25) is 14.5 Å². The first-order valence-electron chi connectivity index (χ1n) is 15.8. The highest BCUT2D eigenvalue weighted by Gasteiger charge is 2.48. The summed E-state index contributed by atoms with van der Waals surface area (Å²) in [6.07, 6.45) is 8.17. The van der Waals surface area contributed by atoms with E-state index in [1.165, 1.54) is 31.3 Å². The Kier molecular flexibility index (Phi) is 9.05. The minimum Gasteiger partial charge on any atom is -0.495 e. The lowest BCUT2D eigenvalue weighted by Crippen LogP contribution is -2.50. The topological polar surface area (TPSA) is 115 Å². The molecule has 1 aromatic carbocycles. The maximum Gasteiger partial charge on any atom is 0.342 e. The van der Waals surface area contributed by atoms with Crippen molar-refractivity contribution in [3.8, 4) is 5.75 Å². The van der Waals surface area contributed by atoms with Gasteiger partial charge in [-0.05, 0) is 44.6 Å². The quantitative estimate of drug-likeness (QED) is 0.422. The number of alkyl halides is 2. The summed E-state index contributed by atoms with van der Waals surface area (Å²) in [5.74, 6) is -5.78. The molecule has 11 nitrogen and oxygen atoms in total. The molecule has 0 unspecified atom stereocenters. The van der Waals surface area contributed by atoms with E-state index in [4.69, 9.17) is 4.74 Å². The van der Waals surface area contributed by atoms with Crippen LogP contribution in [0.2, 0.25) is 0 Å². The van der Waals surface area contributed by atoms with Gasteiger partial charge in [-0.1, -0.05) is 12.8 Å². The number of halogens is 3. The second-order valence-electron chi connectivity index (χ2n) is 12.5. The highest BCUT2D eigenvalue weighted by molar-refractivity contribution is 6.02. The molecule has 2 saturated carbocycles. The second kappa shape index (κ2) is 13.0. The third kappa shape index (κ3) is 6.53. The van der Waals surface area contributed by atoms with E-state index in [0.29, 0.717) is 18.9 Å². The predicted molar refractivity (Wildman–Crippen MR) is 164 cm³/mol. The number of amides is 2. The van der Waals surface area contributed by atoms with Crippen molar-refractivity contribution in [3.05, 3.63) is 29.7 Å². The molecule has 45 heavy (non-hydrogen) atoms. The summed E-state index contributed by atoms with van der Waals surface area (Å²) in [5, 5.41) is 9.30. The zero-order valence-corrected chi connectivity index (χ0v) is 25.8. The number of benzene rings is 1. The number of hydrogen-bond donors (Lipinski definition) is 3. The molecular weight excluding hydrogens is 589 g/mol. The smallest absolute Gasteiger partial charge is 0.342 e. The van der Waals surface area contributed by atoms with E-state index < -0.39 is 30.1 Å². The first-order chi connectivity index (χ1) is 21.6.